The molecule has 0 aromatic heterocycles. The lowest BCUT2D eigenvalue weighted by atomic mass is 9.98. The van der Waals surface area contributed by atoms with E-state index in [1.165, 1.54) is 0 Å². The zero-order valence-electron chi connectivity index (χ0n) is 25.4. The smallest absolute Gasteiger partial charge is 0.408 e. The number of nitrogens with zero attached hydrogens (tertiary/aromatic N) is 1. The van der Waals surface area contributed by atoms with Gasteiger partial charge in [0.25, 0.3) is 5.91 Å². The highest BCUT2D eigenvalue weighted by Gasteiger charge is 2.36. The number of alkyl carbamates (subject to hydrolysis) is 1. The molecule has 0 aliphatic carbocycles. The Morgan fingerprint density at radius 1 is 0.976 bits per heavy atom. The number of carbonyl (C=O) groups excluding carboxylic acids is 3. The average molecular weight is 570 g/mol. The van der Waals surface area contributed by atoms with Crippen molar-refractivity contribution in [3.05, 3.63) is 108 Å². The van der Waals surface area contributed by atoms with E-state index in [0.717, 1.165) is 23.1 Å². The monoisotopic (exact) mass is 569 g/mol. The number of benzene rings is 3. The summed E-state index contributed by atoms with van der Waals surface area (Å²) in [7, 11) is 0. The molecule has 0 aliphatic heterocycles. The van der Waals surface area contributed by atoms with E-state index in [1.807, 2.05) is 92.7 Å². The molecule has 42 heavy (non-hydrogen) atoms. The van der Waals surface area contributed by atoms with Crippen LogP contribution in [0.25, 0.3) is 6.08 Å². The van der Waals surface area contributed by atoms with Gasteiger partial charge in [0.15, 0.2) is 0 Å². The maximum Gasteiger partial charge on any atom is 0.408 e. The maximum atomic E-state index is 14.5. The van der Waals surface area contributed by atoms with Crippen molar-refractivity contribution in [2.24, 2.45) is 0 Å². The zero-order chi connectivity index (χ0) is 30.7. The highest BCUT2D eigenvalue weighted by molar-refractivity contribution is 5.99. The fraction of sp³-hybridized carbons (Fsp3) is 0.343. The van der Waals surface area contributed by atoms with Crippen LogP contribution < -0.4 is 10.6 Å². The molecule has 222 valence electrons. The third-order valence-electron chi connectivity index (χ3n) is 6.73. The second-order valence-electron chi connectivity index (χ2n) is 11.4. The highest BCUT2D eigenvalue weighted by atomic mass is 16.6. The third kappa shape index (κ3) is 9.33. The largest absolute Gasteiger partial charge is 0.444 e. The molecule has 0 fully saturated rings. The summed E-state index contributed by atoms with van der Waals surface area (Å²) in [5.74, 6) is -0.710. The molecule has 0 radical (unpaired) electrons. The van der Waals surface area contributed by atoms with Gasteiger partial charge in [0.1, 0.15) is 17.7 Å². The van der Waals surface area contributed by atoms with Gasteiger partial charge in [-0.1, -0.05) is 92.7 Å². The number of amides is 3. The standard InChI is InChI=1S/C35H43N3O4/c1-7-9-22-38(33(40)30(24-27-17-11-10-12-18-27)37-34(41)42-35(4,5)6)31(28-20-15-19-26(8-2)23-28)32(39)36-29-21-14-13-16-25(29)3/h8,10-21,23,30-31H,2,7,9,22,24H2,1,3-6H3,(H,36,39)(H,37,41). The Morgan fingerprint density at radius 3 is 2.31 bits per heavy atom. The SMILES string of the molecule is C=Cc1cccc(C(C(=O)Nc2ccccc2C)N(CCCC)C(=O)C(Cc2ccccc2)NC(=O)OC(C)(C)C)c1. The van der Waals surface area contributed by atoms with Crippen LogP contribution in [0.15, 0.2) is 85.4 Å². The van der Waals surface area contributed by atoms with E-state index in [0.29, 0.717) is 24.2 Å². The molecule has 7 nitrogen and oxygen atoms in total. The lowest BCUT2D eigenvalue weighted by molar-refractivity contribution is -0.140. The van der Waals surface area contributed by atoms with Crippen molar-refractivity contribution in [3.8, 4) is 0 Å². The summed E-state index contributed by atoms with van der Waals surface area (Å²) < 4.78 is 5.52. The first-order valence-corrected chi connectivity index (χ1v) is 14.4. The minimum Gasteiger partial charge on any atom is -0.444 e. The normalized spacial score (nSPS) is 12.5. The van der Waals surface area contributed by atoms with Crippen LogP contribution in [-0.2, 0) is 20.7 Å². The summed E-state index contributed by atoms with van der Waals surface area (Å²) in [5.41, 5.74) is 3.19. The fourth-order valence-corrected chi connectivity index (χ4v) is 4.64. The van der Waals surface area contributed by atoms with Gasteiger partial charge in [-0.3, -0.25) is 9.59 Å². The zero-order valence-corrected chi connectivity index (χ0v) is 25.4. The van der Waals surface area contributed by atoms with Crippen molar-refractivity contribution >= 4 is 29.7 Å². The number of hydrogen-bond acceptors (Lipinski definition) is 4. The summed E-state index contributed by atoms with van der Waals surface area (Å²) in [6.07, 6.45) is 2.74. The van der Waals surface area contributed by atoms with Crippen LogP contribution in [0, 0.1) is 6.92 Å². The molecular formula is C35H43N3O4. The van der Waals surface area contributed by atoms with Gasteiger partial charge < -0.3 is 20.3 Å². The van der Waals surface area contributed by atoms with Gasteiger partial charge in [-0.2, -0.15) is 0 Å². The second-order valence-corrected chi connectivity index (χ2v) is 11.4. The first-order valence-electron chi connectivity index (χ1n) is 14.4. The van der Waals surface area contributed by atoms with Crippen molar-refractivity contribution in [2.45, 2.75) is 71.6 Å². The minimum absolute atomic E-state index is 0.236. The molecule has 3 rings (SSSR count). The number of para-hydroxylation sites is 1. The third-order valence-corrected chi connectivity index (χ3v) is 6.73. The van der Waals surface area contributed by atoms with Crippen molar-refractivity contribution < 1.29 is 19.1 Å². The molecular weight excluding hydrogens is 526 g/mol. The van der Waals surface area contributed by atoms with Crippen LogP contribution in [0.3, 0.4) is 0 Å². The molecule has 0 spiro atoms. The van der Waals surface area contributed by atoms with E-state index in [1.54, 1.807) is 31.7 Å². The molecule has 3 aromatic carbocycles. The predicted octanol–water partition coefficient (Wildman–Crippen LogP) is 7.08. The van der Waals surface area contributed by atoms with Crippen LogP contribution in [0.4, 0.5) is 10.5 Å². The van der Waals surface area contributed by atoms with E-state index < -0.39 is 23.8 Å². The molecule has 0 bridgehead atoms. The van der Waals surface area contributed by atoms with Crippen LogP contribution in [0.2, 0.25) is 0 Å². The summed E-state index contributed by atoms with van der Waals surface area (Å²) in [4.78, 5) is 43.2. The first kappa shape index (κ1) is 32.1. The number of unbranched alkanes of at least 4 members (excludes halogenated alkanes) is 1. The Kier molecular flexibility index (Phi) is 11.5. The van der Waals surface area contributed by atoms with E-state index in [2.05, 4.69) is 17.2 Å². The summed E-state index contributed by atoms with van der Waals surface area (Å²) in [6.45, 7) is 13.5. The number of nitrogens with one attached hydrogen (secondary N) is 2. The Morgan fingerprint density at radius 2 is 1.67 bits per heavy atom. The fourth-order valence-electron chi connectivity index (χ4n) is 4.64. The van der Waals surface area contributed by atoms with E-state index in [-0.39, 0.29) is 18.2 Å². The first-order chi connectivity index (χ1) is 20.0. The molecule has 0 saturated heterocycles. The van der Waals surface area contributed by atoms with Crippen molar-refractivity contribution in [1.29, 1.82) is 0 Å². The van der Waals surface area contributed by atoms with E-state index >= 15 is 0 Å². The number of aryl methyl sites for hydroxylation is 1. The molecule has 3 aromatic rings. The molecule has 2 unspecified atom stereocenters. The van der Waals surface area contributed by atoms with Crippen LogP contribution >= 0.6 is 0 Å². The lowest BCUT2D eigenvalue weighted by Crippen LogP contribution is -2.53. The van der Waals surface area contributed by atoms with Gasteiger partial charge >= 0.3 is 6.09 Å². The number of anilines is 1. The molecule has 7 heteroatoms. The van der Waals surface area contributed by atoms with E-state index in [9.17, 15) is 14.4 Å². The molecule has 2 atom stereocenters. The quantitative estimate of drug-likeness (QED) is 0.244. The number of ether oxygens (including phenoxy) is 1. The van der Waals surface area contributed by atoms with Crippen LogP contribution in [0.1, 0.15) is 68.8 Å². The number of hydrogen-bond donors (Lipinski definition) is 2. The Hall–Kier alpha value is -4.39. The van der Waals surface area contributed by atoms with Crippen molar-refractivity contribution in [1.82, 2.24) is 10.2 Å². The highest BCUT2D eigenvalue weighted by Crippen LogP contribution is 2.27. The van der Waals surface area contributed by atoms with Gasteiger partial charge in [-0.05, 0) is 68.5 Å². The average Bonchev–Trinajstić information content (AvgIpc) is 2.95. The summed E-state index contributed by atoms with van der Waals surface area (Å²) in [5, 5.41) is 5.85. The van der Waals surface area contributed by atoms with Gasteiger partial charge in [-0.25, -0.2) is 4.79 Å². The maximum absolute atomic E-state index is 14.5. The Bertz CT molecular complexity index is 1360. The Labute approximate surface area is 250 Å². The topological polar surface area (TPSA) is 87.7 Å². The second kappa shape index (κ2) is 15.0. The van der Waals surface area contributed by atoms with Crippen LogP contribution in [-0.4, -0.2) is 41.0 Å². The molecule has 0 heterocycles. The van der Waals surface area contributed by atoms with E-state index in [4.69, 9.17) is 4.74 Å². The van der Waals surface area contributed by atoms with Crippen molar-refractivity contribution in [2.75, 3.05) is 11.9 Å². The lowest BCUT2D eigenvalue weighted by Gasteiger charge is -2.35. The van der Waals surface area contributed by atoms with Gasteiger partial charge in [-0.15, -0.1) is 0 Å². The molecule has 0 aliphatic rings. The summed E-state index contributed by atoms with van der Waals surface area (Å²) >= 11 is 0. The van der Waals surface area contributed by atoms with Crippen LogP contribution in [0.5, 0.6) is 0 Å². The molecule has 0 saturated carbocycles. The summed E-state index contributed by atoms with van der Waals surface area (Å²) in [6, 6.07) is 22.5. The number of carbonyl (C=O) groups is 3. The molecule has 3 amide bonds. The minimum atomic E-state index is -0.963. The van der Waals surface area contributed by atoms with Gasteiger partial charge in [0.2, 0.25) is 5.91 Å². The molecule has 2 N–H and O–H groups in total. The predicted molar refractivity (Wildman–Crippen MR) is 169 cm³/mol. The number of rotatable bonds is 12. The van der Waals surface area contributed by atoms with Crippen molar-refractivity contribution in [3.63, 3.8) is 0 Å². The van der Waals surface area contributed by atoms with Gasteiger partial charge in [0, 0.05) is 18.7 Å². The van der Waals surface area contributed by atoms with Gasteiger partial charge in [0.05, 0.1) is 0 Å². The Balaban J connectivity index is 2.08.